The monoisotopic (exact) mass is 518 g/mol. The van der Waals surface area contributed by atoms with Crippen molar-refractivity contribution in [1.29, 1.82) is 31.6 Å². The van der Waals surface area contributed by atoms with E-state index in [0.29, 0.717) is 37.1 Å². The van der Waals surface area contributed by atoms with Gasteiger partial charge in [-0.25, -0.2) is 0 Å². The van der Waals surface area contributed by atoms with E-state index in [4.69, 9.17) is 21.0 Å². The van der Waals surface area contributed by atoms with Crippen LogP contribution in [-0.4, -0.2) is 13.1 Å². The Bertz CT molecular complexity index is 1580. The molecule has 0 bridgehead atoms. The average molecular weight is 519 g/mol. The molecule has 0 atom stereocenters. The Morgan fingerprint density at radius 2 is 0.950 bits per heavy atom. The Kier molecular flexibility index (Phi) is 11.7. The van der Waals surface area contributed by atoms with E-state index in [1.807, 2.05) is 26.0 Å². The third-order valence-corrected chi connectivity index (χ3v) is 5.69. The minimum atomic E-state index is -0.220. The summed E-state index contributed by atoms with van der Waals surface area (Å²) in [5, 5.41) is 61.6. The molecule has 8 nitrogen and oxygen atoms in total. The van der Waals surface area contributed by atoms with Gasteiger partial charge in [0, 0.05) is 11.4 Å². The zero-order valence-electron chi connectivity index (χ0n) is 22.0. The Labute approximate surface area is 234 Å². The molecule has 0 aromatic heterocycles. The predicted molar refractivity (Wildman–Crippen MR) is 152 cm³/mol. The summed E-state index contributed by atoms with van der Waals surface area (Å²) < 4.78 is 0. The van der Waals surface area contributed by atoms with E-state index in [9.17, 15) is 10.5 Å². The maximum absolute atomic E-state index is 9.38. The Hall–Kier alpha value is -6.42. The van der Waals surface area contributed by atoms with E-state index in [2.05, 4.69) is 34.3 Å². The van der Waals surface area contributed by atoms with Gasteiger partial charge < -0.3 is 10.6 Å². The van der Waals surface area contributed by atoms with Crippen molar-refractivity contribution in [3.05, 3.63) is 69.8 Å². The number of anilines is 2. The summed E-state index contributed by atoms with van der Waals surface area (Å²) in [6.45, 7) is 4.62. The largest absolute Gasteiger partial charge is 0.374 e. The zero-order chi connectivity index (χ0) is 29.3. The molecule has 2 aromatic carbocycles. The number of hydrogen-bond acceptors (Lipinski definition) is 8. The molecule has 0 heterocycles. The predicted octanol–water partition coefficient (Wildman–Crippen LogP) is 4.99. The molecule has 0 aliphatic heterocycles. The molecule has 40 heavy (non-hydrogen) atoms. The van der Waals surface area contributed by atoms with E-state index in [-0.39, 0.29) is 22.3 Å². The molecule has 0 amide bonds. The molecule has 0 radical (unpaired) electrons. The summed E-state index contributed by atoms with van der Waals surface area (Å²) in [5.41, 5.74) is 4.21. The fourth-order valence-corrected chi connectivity index (χ4v) is 3.69. The van der Waals surface area contributed by atoms with Gasteiger partial charge in [-0.1, -0.05) is 37.8 Å². The minimum absolute atomic E-state index is 0.0489. The number of nitrogens with zero attached hydrogens (tertiary/aromatic N) is 6. The molecule has 0 saturated heterocycles. The van der Waals surface area contributed by atoms with Crippen LogP contribution in [0.2, 0.25) is 0 Å². The van der Waals surface area contributed by atoms with E-state index < -0.39 is 0 Å². The fraction of sp³-hybridized carbons (Fsp3) is 0.188. The second kappa shape index (κ2) is 15.6. The maximum Gasteiger partial charge on any atom is 0.148 e. The Balaban J connectivity index is 2.04. The molecule has 2 aromatic rings. The topological polar surface area (TPSA) is 167 Å². The van der Waals surface area contributed by atoms with Crippen molar-refractivity contribution >= 4 is 22.5 Å². The van der Waals surface area contributed by atoms with Crippen LogP contribution in [-0.2, 0) is 12.8 Å². The maximum atomic E-state index is 9.38. The van der Waals surface area contributed by atoms with Crippen LogP contribution in [0.3, 0.4) is 0 Å². The number of nitrogens with one attached hydrogen (secondary N) is 2. The summed E-state index contributed by atoms with van der Waals surface area (Å²) in [6, 6.07) is 21.5. The van der Waals surface area contributed by atoms with Gasteiger partial charge in [-0.15, -0.1) is 0 Å². The van der Waals surface area contributed by atoms with Crippen molar-refractivity contribution < 1.29 is 0 Å². The highest BCUT2D eigenvalue weighted by Crippen LogP contribution is 2.25. The van der Waals surface area contributed by atoms with Crippen LogP contribution in [0.4, 0.5) is 11.4 Å². The van der Waals surface area contributed by atoms with Gasteiger partial charge >= 0.3 is 0 Å². The molecule has 2 N–H and O–H groups in total. The average Bonchev–Trinajstić information content (AvgIpc) is 2.99. The molecule has 2 rings (SSSR count). The molecule has 0 spiro atoms. The van der Waals surface area contributed by atoms with Crippen molar-refractivity contribution in [2.24, 2.45) is 0 Å². The first-order valence-electron chi connectivity index (χ1n) is 12.1. The number of allylic oxidation sites excluding steroid dienone is 4. The molecule has 0 unspecified atom stereocenters. The Morgan fingerprint density at radius 3 is 1.25 bits per heavy atom. The van der Waals surface area contributed by atoms with E-state index >= 15 is 0 Å². The van der Waals surface area contributed by atoms with Crippen LogP contribution < -0.4 is 10.6 Å². The summed E-state index contributed by atoms with van der Waals surface area (Å²) >= 11 is 0. The zero-order valence-corrected chi connectivity index (χ0v) is 22.0. The molecular formula is C32H22N8. The van der Waals surface area contributed by atoms with Gasteiger partial charge in [-0.2, -0.15) is 31.6 Å². The van der Waals surface area contributed by atoms with Gasteiger partial charge in [0.15, 0.2) is 0 Å². The molecule has 0 aliphatic carbocycles. The lowest BCUT2D eigenvalue weighted by Crippen LogP contribution is -2.03. The van der Waals surface area contributed by atoms with Crippen LogP contribution >= 0.6 is 0 Å². The van der Waals surface area contributed by atoms with Crippen molar-refractivity contribution in [3.8, 4) is 60.1 Å². The van der Waals surface area contributed by atoms with E-state index in [1.54, 1.807) is 60.7 Å². The van der Waals surface area contributed by atoms with Crippen molar-refractivity contribution in [2.75, 3.05) is 23.7 Å². The number of aryl methyl sites for hydroxylation is 2. The first kappa shape index (κ1) is 29.8. The lowest BCUT2D eigenvalue weighted by Gasteiger charge is -2.11. The first-order valence-corrected chi connectivity index (χ1v) is 12.1. The van der Waals surface area contributed by atoms with Gasteiger partial charge in [0.2, 0.25) is 0 Å². The molecule has 8 heteroatoms. The van der Waals surface area contributed by atoms with Crippen LogP contribution in [0.1, 0.15) is 36.1 Å². The fourth-order valence-electron chi connectivity index (χ4n) is 3.69. The molecule has 0 saturated carbocycles. The van der Waals surface area contributed by atoms with E-state index in [1.165, 1.54) is 0 Å². The quantitative estimate of drug-likeness (QED) is 0.364. The summed E-state index contributed by atoms with van der Waals surface area (Å²) in [7, 11) is 0. The highest BCUT2D eigenvalue weighted by atomic mass is 14.9. The van der Waals surface area contributed by atoms with Crippen LogP contribution in [0, 0.1) is 91.7 Å². The SMILES string of the molecule is CCc1cc(C(C#N)=C(C#N)C#N)ccc1NCC#CC#CCNc1ccc(C(C#N)=C(C#N)C#N)cc1CC. The molecule has 190 valence electrons. The smallest absolute Gasteiger partial charge is 0.148 e. The minimum Gasteiger partial charge on any atom is -0.374 e. The number of benzene rings is 2. The first-order chi connectivity index (χ1) is 19.5. The van der Waals surface area contributed by atoms with Crippen molar-refractivity contribution in [2.45, 2.75) is 26.7 Å². The number of hydrogen-bond donors (Lipinski definition) is 2. The van der Waals surface area contributed by atoms with Crippen LogP contribution in [0.5, 0.6) is 0 Å². The van der Waals surface area contributed by atoms with Crippen molar-refractivity contribution in [3.63, 3.8) is 0 Å². The van der Waals surface area contributed by atoms with Gasteiger partial charge in [-0.05, 0) is 71.2 Å². The normalized spacial score (nSPS) is 8.60. The van der Waals surface area contributed by atoms with E-state index in [0.717, 1.165) is 22.5 Å². The Morgan fingerprint density at radius 1 is 0.575 bits per heavy atom. The van der Waals surface area contributed by atoms with Gasteiger partial charge in [0.25, 0.3) is 0 Å². The third-order valence-electron chi connectivity index (χ3n) is 5.69. The van der Waals surface area contributed by atoms with Crippen LogP contribution in [0.15, 0.2) is 47.5 Å². The van der Waals surface area contributed by atoms with Crippen molar-refractivity contribution in [1.82, 2.24) is 0 Å². The summed E-state index contributed by atoms with van der Waals surface area (Å²) in [6.07, 6.45) is 1.35. The van der Waals surface area contributed by atoms with Gasteiger partial charge in [0.05, 0.1) is 24.2 Å². The number of nitriles is 6. The second-order valence-electron chi connectivity index (χ2n) is 7.93. The second-order valence-corrected chi connectivity index (χ2v) is 7.93. The van der Waals surface area contributed by atoms with Gasteiger partial charge in [0.1, 0.15) is 47.6 Å². The molecule has 0 fully saturated rings. The lowest BCUT2D eigenvalue weighted by atomic mass is 9.98. The highest BCUT2D eigenvalue weighted by Gasteiger charge is 2.12. The lowest BCUT2D eigenvalue weighted by molar-refractivity contribution is 1.13. The molecular weight excluding hydrogens is 496 g/mol. The molecule has 0 aliphatic rings. The summed E-state index contributed by atoms with van der Waals surface area (Å²) in [5.74, 6) is 11.5. The van der Waals surface area contributed by atoms with Crippen LogP contribution in [0.25, 0.3) is 11.1 Å². The van der Waals surface area contributed by atoms with Gasteiger partial charge in [-0.3, -0.25) is 0 Å². The third kappa shape index (κ3) is 7.54. The highest BCUT2D eigenvalue weighted by molar-refractivity contribution is 5.86. The standard InChI is InChI=1S/C32H22N8/c1-3-23-15-25(29(21-37)27(17-33)18-34)9-11-31(23)39-13-7-5-6-8-14-40-32-12-10-26(16-24(32)4-2)30(22-38)28(19-35)20-36/h9-12,15-16,39-40H,3-4,13-14H2,1-2H3. The number of rotatable bonds is 8. The summed E-state index contributed by atoms with van der Waals surface area (Å²) in [4.78, 5) is 0.